The Morgan fingerprint density at radius 1 is 1.50 bits per heavy atom. The lowest BCUT2D eigenvalue weighted by Crippen LogP contribution is -2.19. The number of benzene rings is 1. The SMILES string of the molecule is COC(=O)C(O)c1cc2c(c(Cl)c1C)OCCO2. The molecule has 1 N–H and O–H groups in total. The highest BCUT2D eigenvalue weighted by Crippen LogP contribution is 2.42. The molecule has 6 heteroatoms. The Morgan fingerprint density at radius 2 is 2.17 bits per heavy atom. The zero-order chi connectivity index (χ0) is 13.3. The molecule has 18 heavy (non-hydrogen) atoms. The zero-order valence-corrected chi connectivity index (χ0v) is 10.8. The van der Waals surface area contributed by atoms with Gasteiger partial charge in [-0.3, -0.25) is 0 Å². The number of carbonyl (C=O) groups is 1. The first kappa shape index (κ1) is 13.0. The summed E-state index contributed by atoms with van der Waals surface area (Å²) < 4.78 is 15.3. The smallest absolute Gasteiger partial charge is 0.339 e. The standard InChI is InChI=1S/C12H13ClO5/c1-6-7(10(14)12(15)16-2)5-8-11(9(6)13)18-4-3-17-8/h5,10,14H,3-4H2,1-2H3. The van der Waals surface area contributed by atoms with Crippen molar-refractivity contribution in [3.63, 3.8) is 0 Å². The number of rotatable bonds is 2. The predicted octanol–water partition coefficient (Wildman–Crippen LogP) is 1.63. The highest BCUT2D eigenvalue weighted by atomic mass is 35.5. The van der Waals surface area contributed by atoms with Crippen molar-refractivity contribution >= 4 is 17.6 Å². The quantitative estimate of drug-likeness (QED) is 0.829. The summed E-state index contributed by atoms with van der Waals surface area (Å²) in [5.41, 5.74) is 0.926. The van der Waals surface area contributed by atoms with Crippen LogP contribution in [0.2, 0.25) is 5.02 Å². The average molecular weight is 273 g/mol. The van der Waals surface area contributed by atoms with E-state index in [1.807, 2.05) is 0 Å². The van der Waals surface area contributed by atoms with Crippen molar-refractivity contribution in [3.05, 3.63) is 22.2 Å². The van der Waals surface area contributed by atoms with Crippen LogP contribution in [0.1, 0.15) is 17.2 Å². The van der Waals surface area contributed by atoms with E-state index in [2.05, 4.69) is 4.74 Å². The minimum atomic E-state index is -1.39. The molecule has 1 atom stereocenters. The van der Waals surface area contributed by atoms with Crippen LogP contribution in [0.3, 0.4) is 0 Å². The van der Waals surface area contributed by atoms with Gasteiger partial charge in [0, 0.05) is 5.56 Å². The van der Waals surface area contributed by atoms with Crippen LogP contribution >= 0.6 is 11.6 Å². The maximum atomic E-state index is 11.4. The lowest BCUT2D eigenvalue weighted by Gasteiger charge is -2.23. The number of esters is 1. The number of aliphatic hydroxyl groups excluding tert-OH is 1. The second-order valence-electron chi connectivity index (χ2n) is 3.85. The molecule has 0 fully saturated rings. The van der Waals surface area contributed by atoms with Crippen molar-refractivity contribution in [2.75, 3.05) is 20.3 Å². The molecule has 0 radical (unpaired) electrons. The first-order chi connectivity index (χ1) is 8.56. The fourth-order valence-electron chi connectivity index (χ4n) is 1.78. The predicted molar refractivity (Wildman–Crippen MR) is 64.2 cm³/mol. The van der Waals surface area contributed by atoms with E-state index in [4.69, 9.17) is 21.1 Å². The molecule has 98 valence electrons. The lowest BCUT2D eigenvalue weighted by atomic mass is 10.0. The largest absolute Gasteiger partial charge is 0.486 e. The molecule has 1 aliphatic heterocycles. The number of methoxy groups -OCH3 is 1. The monoisotopic (exact) mass is 272 g/mol. The van der Waals surface area contributed by atoms with E-state index in [0.29, 0.717) is 40.9 Å². The molecular formula is C12H13ClO5. The minimum absolute atomic E-state index is 0.338. The van der Waals surface area contributed by atoms with Gasteiger partial charge in [0.15, 0.2) is 17.6 Å². The Balaban J connectivity index is 2.49. The van der Waals surface area contributed by atoms with Gasteiger partial charge in [-0.2, -0.15) is 0 Å². The Bertz CT molecular complexity index is 486. The molecule has 2 rings (SSSR count). The molecule has 0 saturated heterocycles. The molecule has 0 saturated carbocycles. The number of hydrogen-bond donors (Lipinski definition) is 1. The maximum absolute atomic E-state index is 11.4. The molecule has 5 nitrogen and oxygen atoms in total. The van der Waals surface area contributed by atoms with Gasteiger partial charge in [-0.25, -0.2) is 4.79 Å². The van der Waals surface area contributed by atoms with E-state index < -0.39 is 12.1 Å². The third-order valence-electron chi connectivity index (χ3n) is 2.78. The minimum Gasteiger partial charge on any atom is -0.486 e. The van der Waals surface area contributed by atoms with Crippen molar-refractivity contribution < 1.29 is 24.1 Å². The number of aliphatic hydroxyl groups is 1. The second kappa shape index (κ2) is 5.04. The summed E-state index contributed by atoms with van der Waals surface area (Å²) in [7, 11) is 1.21. The summed E-state index contributed by atoms with van der Waals surface area (Å²) in [6.07, 6.45) is -1.39. The number of carbonyl (C=O) groups excluding carboxylic acids is 1. The van der Waals surface area contributed by atoms with Crippen LogP contribution in [0.4, 0.5) is 0 Å². The van der Waals surface area contributed by atoms with Gasteiger partial charge in [0.1, 0.15) is 13.2 Å². The Morgan fingerprint density at radius 3 is 2.83 bits per heavy atom. The number of fused-ring (bicyclic) bond motifs is 1. The van der Waals surface area contributed by atoms with Crippen molar-refractivity contribution in [2.24, 2.45) is 0 Å². The van der Waals surface area contributed by atoms with Gasteiger partial charge in [-0.1, -0.05) is 11.6 Å². The summed E-state index contributed by atoms with van der Waals surface area (Å²) in [6, 6.07) is 1.55. The molecule has 0 bridgehead atoms. The van der Waals surface area contributed by atoms with Crippen LogP contribution in [-0.4, -0.2) is 31.4 Å². The van der Waals surface area contributed by atoms with Gasteiger partial charge in [-0.15, -0.1) is 0 Å². The van der Waals surface area contributed by atoms with Crippen LogP contribution in [0.25, 0.3) is 0 Å². The molecule has 0 spiro atoms. The highest BCUT2D eigenvalue weighted by Gasteiger charge is 2.26. The summed E-state index contributed by atoms with van der Waals surface area (Å²) in [6.45, 7) is 2.52. The molecule has 1 aromatic carbocycles. The van der Waals surface area contributed by atoms with Gasteiger partial charge in [0.05, 0.1) is 12.1 Å². The molecule has 1 heterocycles. The van der Waals surface area contributed by atoms with Gasteiger partial charge in [-0.05, 0) is 18.6 Å². The molecule has 1 aromatic rings. The summed E-state index contributed by atoms with van der Waals surface area (Å²) >= 11 is 6.14. The first-order valence-electron chi connectivity index (χ1n) is 5.40. The summed E-state index contributed by atoms with van der Waals surface area (Å²) in [5, 5.41) is 10.2. The van der Waals surface area contributed by atoms with E-state index >= 15 is 0 Å². The van der Waals surface area contributed by atoms with Gasteiger partial charge in [0.25, 0.3) is 0 Å². The van der Waals surface area contributed by atoms with E-state index in [1.54, 1.807) is 13.0 Å². The van der Waals surface area contributed by atoms with Crippen molar-refractivity contribution in [1.82, 2.24) is 0 Å². The third kappa shape index (κ3) is 2.11. The van der Waals surface area contributed by atoms with Crippen LogP contribution in [0, 0.1) is 6.92 Å². The number of ether oxygens (including phenoxy) is 3. The van der Waals surface area contributed by atoms with Crippen molar-refractivity contribution in [2.45, 2.75) is 13.0 Å². The fraction of sp³-hybridized carbons (Fsp3) is 0.417. The van der Waals surface area contributed by atoms with Crippen LogP contribution in [0.15, 0.2) is 6.07 Å². The van der Waals surface area contributed by atoms with Gasteiger partial charge in [0.2, 0.25) is 0 Å². The zero-order valence-electron chi connectivity index (χ0n) is 10.0. The second-order valence-corrected chi connectivity index (χ2v) is 4.23. The number of hydrogen-bond acceptors (Lipinski definition) is 5. The molecule has 0 amide bonds. The van der Waals surface area contributed by atoms with E-state index in [1.165, 1.54) is 7.11 Å². The molecule has 1 unspecified atom stereocenters. The normalized spacial score (nSPS) is 15.1. The average Bonchev–Trinajstić information content (AvgIpc) is 2.41. The third-order valence-corrected chi connectivity index (χ3v) is 3.23. The summed E-state index contributed by atoms with van der Waals surface area (Å²) in [5.74, 6) is 0.127. The van der Waals surface area contributed by atoms with E-state index in [-0.39, 0.29) is 0 Å². The summed E-state index contributed by atoms with van der Waals surface area (Å²) in [4.78, 5) is 11.4. The van der Waals surface area contributed by atoms with Crippen molar-refractivity contribution in [1.29, 1.82) is 0 Å². The lowest BCUT2D eigenvalue weighted by molar-refractivity contribution is -0.150. The Hall–Kier alpha value is -1.46. The Labute approximate surface area is 109 Å². The van der Waals surface area contributed by atoms with Gasteiger partial charge >= 0.3 is 5.97 Å². The fourth-order valence-corrected chi connectivity index (χ4v) is 2.04. The van der Waals surface area contributed by atoms with Crippen LogP contribution in [-0.2, 0) is 9.53 Å². The first-order valence-corrected chi connectivity index (χ1v) is 5.78. The van der Waals surface area contributed by atoms with Crippen molar-refractivity contribution in [3.8, 4) is 11.5 Å². The molecule has 0 aliphatic carbocycles. The van der Waals surface area contributed by atoms with Gasteiger partial charge < -0.3 is 19.3 Å². The molecule has 0 aromatic heterocycles. The van der Waals surface area contributed by atoms with E-state index in [9.17, 15) is 9.90 Å². The maximum Gasteiger partial charge on any atom is 0.339 e. The van der Waals surface area contributed by atoms with E-state index in [0.717, 1.165) is 0 Å². The van der Waals surface area contributed by atoms with Crippen LogP contribution in [0.5, 0.6) is 11.5 Å². The highest BCUT2D eigenvalue weighted by molar-refractivity contribution is 6.33. The van der Waals surface area contributed by atoms with Crippen LogP contribution < -0.4 is 9.47 Å². The Kier molecular flexibility index (Phi) is 3.63. The number of halogens is 1. The molecular weight excluding hydrogens is 260 g/mol. The molecule has 1 aliphatic rings. The topological polar surface area (TPSA) is 65.0 Å².